The molecule has 8 nitrogen and oxygen atoms in total. The number of benzene rings is 1. The van der Waals surface area contributed by atoms with Crippen molar-refractivity contribution in [1.29, 1.82) is 0 Å². The number of carbonyl (C=O) groups excluding carboxylic acids is 1. The van der Waals surface area contributed by atoms with Crippen molar-refractivity contribution in [3.8, 4) is 10.4 Å². The van der Waals surface area contributed by atoms with Crippen molar-refractivity contribution < 1.29 is 24.1 Å². The number of pyridine rings is 1. The fraction of sp³-hybridized carbons (Fsp3) is 0.360. The molecule has 0 aliphatic carbocycles. The van der Waals surface area contributed by atoms with Gasteiger partial charge in [0.1, 0.15) is 16.6 Å². The van der Waals surface area contributed by atoms with Gasteiger partial charge in [0.05, 0.1) is 36.7 Å². The summed E-state index contributed by atoms with van der Waals surface area (Å²) in [5.41, 5.74) is 7.73. The quantitative estimate of drug-likeness (QED) is 0.357. The maximum absolute atomic E-state index is 14.8. The molecule has 1 aliphatic heterocycles. The predicted octanol–water partition coefficient (Wildman–Crippen LogP) is 2.91. The van der Waals surface area contributed by atoms with E-state index in [1.807, 2.05) is 12.1 Å². The van der Waals surface area contributed by atoms with Gasteiger partial charge in [0, 0.05) is 30.1 Å². The van der Waals surface area contributed by atoms with Crippen molar-refractivity contribution in [2.24, 2.45) is 5.73 Å². The summed E-state index contributed by atoms with van der Waals surface area (Å²) >= 11 is 1.22. The highest BCUT2D eigenvalue weighted by molar-refractivity contribution is 7.19. The van der Waals surface area contributed by atoms with Crippen molar-refractivity contribution in [3.63, 3.8) is 0 Å². The molecule has 0 radical (unpaired) electrons. The molecule has 5 N–H and O–H groups in total. The molecule has 0 saturated carbocycles. The van der Waals surface area contributed by atoms with Crippen molar-refractivity contribution in [3.05, 3.63) is 65.1 Å². The number of halogens is 1. The minimum Gasteiger partial charge on any atom is -0.394 e. The fourth-order valence-electron chi connectivity index (χ4n) is 4.04. The number of hydrogen-bond donors (Lipinski definition) is 4. The van der Waals surface area contributed by atoms with E-state index in [1.54, 1.807) is 31.2 Å². The highest BCUT2D eigenvalue weighted by atomic mass is 32.1. The van der Waals surface area contributed by atoms with Gasteiger partial charge >= 0.3 is 0 Å². The number of hydrogen-bond acceptors (Lipinski definition) is 8. The lowest BCUT2D eigenvalue weighted by atomic mass is 10.0. The van der Waals surface area contributed by atoms with Crippen LogP contribution in [0.3, 0.4) is 0 Å². The molecule has 4 rings (SSSR count). The second-order valence-electron chi connectivity index (χ2n) is 8.63. The van der Waals surface area contributed by atoms with Crippen LogP contribution >= 0.6 is 11.3 Å². The zero-order valence-electron chi connectivity index (χ0n) is 19.4. The predicted molar refractivity (Wildman–Crippen MR) is 133 cm³/mol. The standard InChI is InChI=1S/C25H29FN4O4S/c1-15(32)9-16-5-6-19(21(26)10-16)22-11-20(24(27)33)25(35-22)29-23-4-2-3-17(28-23)12-30-7-8-34-18(13-30)14-31/h2-6,10-11,15,18,31-32H,7-9,12-14H2,1H3,(H2,27,33)(H,28,29). The van der Waals surface area contributed by atoms with Crippen LogP contribution in [0.1, 0.15) is 28.5 Å². The Morgan fingerprint density at radius 3 is 2.91 bits per heavy atom. The van der Waals surface area contributed by atoms with Crippen LogP contribution in [-0.4, -0.2) is 64.5 Å². The number of aliphatic hydroxyl groups is 2. The number of nitrogens with two attached hydrogens (primary N) is 1. The lowest BCUT2D eigenvalue weighted by Gasteiger charge is -2.31. The summed E-state index contributed by atoms with van der Waals surface area (Å²) in [5, 5.41) is 22.6. The summed E-state index contributed by atoms with van der Waals surface area (Å²) in [6.45, 7) is 4.15. The van der Waals surface area contributed by atoms with Crippen molar-refractivity contribution in [1.82, 2.24) is 9.88 Å². The third-order valence-electron chi connectivity index (χ3n) is 5.69. The molecule has 35 heavy (non-hydrogen) atoms. The number of anilines is 2. The van der Waals surface area contributed by atoms with Crippen LogP contribution < -0.4 is 11.1 Å². The highest BCUT2D eigenvalue weighted by Gasteiger charge is 2.21. The first-order chi connectivity index (χ1) is 16.8. The molecule has 2 unspecified atom stereocenters. The maximum Gasteiger partial charge on any atom is 0.251 e. The van der Waals surface area contributed by atoms with Gasteiger partial charge in [-0.1, -0.05) is 18.2 Å². The smallest absolute Gasteiger partial charge is 0.251 e. The first kappa shape index (κ1) is 25.2. The molecule has 1 saturated heterocycles. The van der Waals surface area contributed by atoms with E-state index in [1.165, 1.54) is 17.4 Å². The molecular formula is C25H29FN4O4S. The molecule has 1 aliphatic rings. The molecule has 3 heterocycles. The van der Waals surface area contributed by atoms with E-state index in [4.69, 9.17) is 10.5 Å². The van der Waals surface area contributed by atoms with Gasteiger partial charge in [0.25, 0.3) is 5.91 Å². The van der Waals surface area contributed by atoms with E-state index in [2.05, 4.69) is 15.2 Å². The van der Waals surface area contributed by atoms with Crippen LogP contribution in [0.25, 0.3) is 10.4 Å². The van der Waals surface area contributed by atoms with E-state index in [9.17, 15) is 19.4 Å². The lowest BCUT2D eigenvalue weighted by molar-refractivity contribution is -0.0553. The molecule has 0 spiro atoms. The van der Waals surface area contributed by atoms with Crippen molar-refractivity contribution in [2.45, 2.75) is 32.1 Å². The zero-order valence-corrected chi connectivity index (χ0v) is 20.2. The number of ether oxygens (including phenoxy) is 1. The summed E-state index contributed by atoms with van der Waals surface area (Å²) in [6.07, 6.45) is -0.412. The van der Waals surface area contributed by atoms with Crippen LogP contribution in [0, 0.1) is 5.82 Å². The lowest BCUT2D eigenvalue weighted by Crippen LogP contribution is -2.43. The highest BCUT2D eigenvalue weighted by Crippen LogP contribution is 2.38. The molecule has 1 fully saturated rings. The number of thiophene rings is 1. The summed E-state index contributed by atoms with van der Waals surface area (Å²) in [4.78, 5) is 19.5. The van der Waals surface area contributed by atoms with Gasteiger partial charge in [-0.15, -0.1) is 11.3 Å². The molecular weight excluding hydrogens is 471 g/mol. The average Bonchev–Trinajstić information content (AvgIpc) is 3.23. The Labute approximate surface area is 207 Å². The summed E-state index contributed by atoms with van der Waals surface area (Å²) in [5.74, 6) is -0.516. The number of amides is 1. The average molecular weight is 501 g/mol. The molecule has 2 atom stereocenters. The van der Waals surface area contributed by atoms with E-state index in [0.29, 0.717) is 52.9 Å². The van der Waals surface area contributed by atoms with E-state index >= 15 is 0 Å². The second kappa shape index (κ2) is 11.2. The molecule has 2 aromatic heterocycles. The van der Waals surface area contributed by atoms with Crippen LogP contribution in [0.15, 0.2) is 42.5 Å². The van der Waals surface area contributed by atoms with Gasteiger partial charge in [0.15, 0.2) is 0 Å². The van der Waals surface area contributed by atoms with Crippen LogP contribution in [0.5, 0.6) is 0 Å². The maximum atomic E-state index is 14.8. The van der Waals surface area contributed by atoms with E-state index < -0.39 is 17.8 Å². The minimum absolute atomic E-state index is 0.0218. The number of rotatable bonds is 9. The largest absolute Gasteiger partial charge is 0.394 e. The van der Waals surface area contributed by atoms with Gasteiger partial charge in [-0.25, -0.2) is 9.37 Å². The Hall–Kier alpha value is -2.89. The van der Waals surface area contributed by atoms with Crippen LogP contribution in [-0.2, 0) is 17.7 Å². The Bertz CT molecular complexity index is 1190. The van der Waals surface area contributed by atoms with Gasteiger partial charge in [-0.2, -0.15) is 0 Å². The first-order valence-corrected chi connectivity index (χ1v) is 12.2. The minimum atomic E-state index is -0.624. The summed E-state index contributed by atoms with van der Waals surface area (Å²) in [7, 11) is 0. The second-order valence-corrected chi connectivity index (χ2v) is 9.69. The summed E-state index contributed by atoms with van der Waals surface area (Å²) < 4.78 is 20.3. The number of aromatic nitrogens is 1. The van der Waals surface area contributed by atoms with Gasteiger partial charge < -0.3 is 26.0 Å². The monoisotopic (exact) mass is 500 g/mol. The first-order valence-electron chi connectivity index (χ1n) is 11.4. The summed E-state index contributed by atoms with van der Waals surface area (Å²) in [6, 6.07) is 12.0. The number of carbonyl (C=O) groups is 1. The number of morpholine rings is 1. The Kier molecular flexibility index (Phi) is 8.09. The number of aliphatic hydroxyl groups excluding tert-OH is 2. The Morgan fingerprint density at radius 2 is 2.20 bits per heavy atom. The molecule has 10 heteroatoms. The van der Waals surface area contributed by atoms with E-state index in [0.717, 1.165) is 12.2 Å². The normalized spacial score (nSPS) is 17.3. The molecule has 1 amide bonds. The van der Waals surface area contributed by atoms with Crippen LogP contribution in [0.4, 0.5) is 15.2 Å². The zero-order chi connectivity index (χ0) is 24.9. The number of nitrogens with one attached hydrogen (secondary N) is 1. The SMILES string of the molecule is CC(O)Cc1ccc(-c2cc(C(N)=O)c(Nc3cccc(CN4CCOC(CO)C4)n3)s2)c(F)c1. The molecule has 186 valence electrons. The number of primary amides is 1. The number of nitrogens with zero attached hydrogens (tertiary/aromatic N) is 2. The third-order valence-corrected chi connectivity index (χ3v) is 6.77. The van der Waals surface area contributed by atoms with Gasteiger partial charge in [-0.05, 0) is 43.2 Å². The van der Waals surface area contributed by atoms with Crippen molar-refractivity contribution in [2.75, 3.05) is 31.6 Å². The van der Waals surface area contributed by atoms with Crippen molar-refractivity contribution >= 4 is 28.1 Å². The molecule has 0 bridgehead atoms. The molecule has 3 aromatic rings. The van der Waals surface area contributed by atoms with Crippen LogP contribution in [0.2, 0.25) is 0 Å². The molecule has 1 aromatic carbocycles. The topological polar surface area (TPSA) is 121 Å². The van der Waals surface area contributed by atoms with Gasteiger partial charge in [0.2, 0.25) is 0 Å². The van der Waals surface area contributed by atoms with Gasteiger partial charge in [-0.3, -0.25) is 9.69 Å². The Balaban J connectivity index is 1.54. The fourth-order valence-corrected chi connectivity index (χ4v) is 5.14. The van der Waals surface area contributed by atoms with E-state index in [-0.39, 0.29) is 18.3 Å². The third kappa shape index (κ3) is 6.41. The Morgan fingerprint density at radius 1 is 1.37 bits per heavy atom.